The summed E-state index contributed by atoms with van der Waals surface area (Å²) in [5.41, 5.74) is 2.04. The van der Waals surface area contributed by atoms with Gasteiger partial charge in [0, 0.05) is 43.9 Å². The van der Waals surface area contributed by atoms with Gasteiger partial charge in [0.15, 0.2) is 5.78 Å². The van der Waals surface area contributed by atoms with E-state index in [0.29, 0.717) is 42.9 Å². The number of carbonyl (C=O) groups is 2. The van der Waals surface area contributed by atoms with E-state index < -0.39 is 5.82 Å². The summed E-state index contributed by atoms with van der Waals surface area (Å²) in [6.45, 7) is 3.35. The van der Waals surface area contributed by atoms with E-state index in [9.17, 15) is 18.4 Å². The molecule has 1 aliphatic rings. The molecule has 4 rings (SSSR count). The smallest absolute Gasteiger partial charge is 0.254 e. The van der Waals surface area contributed by atoms with Crippen molar-refractivity contribution in [3.05, 3.63) is 107 Å². The van der Waals surface area contributed by atoms with Crippen LogP contribution in [-0.4, -0.2) is 47.7 Å². The standard InChI is InChI=1S/C26H24F2N2O2/c27-21-10-6-19(7-11-21)18-29-14-3-15-30(17-16-29)26(32)24-5-2-1-4-23(24)25(31)20-8-12-22(28)13-9-20/h1-2,4-13H,3,14-18H2. The van der Waals surface area contributed by atoms with Crippen LogP contribution in [0, 0.1) is 11.6 Å². The van der Waals surface area contributed by atoms with Crippen molar-refractivity contribution in [3.63, 3.8) is 0 Å². The van der Waals surface area contributed by atoms with Gasteiger partial charge in [-0.25, -0.2) is 8.78 Å². The van der Waals surface area contributed by atoms with E-state index in [1.807, 2.05) is 0 Å². The number of hydrogen-bond acceptors (Lipinski definition) is 3. The Morgan fingerprint density at radius 1 is 0.719 bits per heavy atom. The number of hydrogen-bond donors (Lipinski definition) is 0. The highest BCUT2D eigenvalue weighted by Gasteiger charge is 2.24. The van der Waals surface area contributed by atoms with Gasteiger partial charge in [0.05, 0.1) is 5.56 Å². The van der Waals surface area contributed by atoms with E-state index in [0.717, 1.165) is 18.5 Å². The van der Waals surface area contributed by atoms with Crippen molar-refractivity contribution in [2.24, 2.45) is 0 Å². The lowest BCUT2D eigenvalue weighted by atomic mass is 9.97. The average molecular weight is 434 g/mol. The van der Waals surface area contributed by atoms with Crippen molar-refractivity contribution in [1.82, 2.24) is 9.80 Å². The highest BCUT2D eigenvalue weighted by molar-refractivity contribution is 6.15. The Balaban J connectivity index is 1.47. The predicted octanol–water partition coefficient (Wildman–Crippen LogP) is 4.54. The van der Waals surface area contributed by atoms with Crippen LogP contribution in [0.5, 0.6) is 0 Å². The first-order valence-electron chi connectivity index (χ1n) is 10.7. The molecule has 0 bridgehead atoms. The van der Waals surface area contributed by atoms with Crippen molar-refractivity contribution >= 4 is 11.7 Å². The molecule has 0 radical (unpaired) electrons. The van der Waals surface area contributed by atoms with Crippen molar-refractivity contribution in [3.8, 4) is 0 Å². The zero-order chi connectivity index (χ0) is 22.5. The van der Waals surface area contributed by atoms with Crippen LogP contribution in [0.4, 0.5) is 8.78 Å². The molecule has 1 saturated heterocycles. The van der Waals surface area contributed by atoms with Gasteiger partial charge in [-0.2, -0.15) is 0 Å². The third-order valence-corrected chi connectivity index (χ3v) is 5.70. The van der Waals surface area contributed by atoms with Crippen LogP contribution in [0.1, 0.15) is 38.3 Å². The summed E-state index contributed by atoms with van der Waals surface area (Å²) < 4.78 is 26.4. The Morgan fingerprint density at radius 2 is 1.34 bits per heavy atom. The van der Waals surface area contributed by atoms with Gasteiger partial charge in [-0.1, -0.05) is 30.3 Å². The number of rotatable bonds is 5. The molecule has 0 atom stereocenters. The molecule has 0 aromatic heterocycles. The molecular formula is C26H24F2N2O2. The first-order chi connectivity index (χ1) is 15.5. The Morgan fingerprint density at radius 3 is 2.03 bits per heavy atom. The Hall–Kier alpha value is -3.38. The van der Waals surface area contributed by atoms with E-state index in [-0.39, 0.29) is 17.5 Å². The molecule has 3 aromatic rings. The molecule has 1 aliphatic heterocycles. The molecule has 3 aromatic carbocycles. The molecular weight excluding hydrogens is 410 g/mol. The predicted molar refractivity (Wildman–Crippen MR) is 118 cm³/mol. The van der Waals surface area contributed by atoms with Crippen LogP contribution in [0.15, 0.2) is 72.8 Å². The third kappa shape index (κ3) is 5.08. The second kappa shape index (κ2) is 9.83. The Labute approximate surface area is 186 Å². The van der Waals surface area contributed by atoms with Crippen LogP contribution < -0.4 is 0 Å². The highest BCUT2D eigenvalue weighted by Crippen LogP contribution is 2.19. The summed E-state index contributed by atoms with van der Waals surface area (Å²) in [4.78, 5) is 30.3. The molecule has 0 spiro atoms. The third-order valence-electron chi connectivity index (χ3n) is 5.70. The second-order valence-electron chi connectivity index (χ2n) is 7.93. The molecule has 4 nitrogen and oxygen atoms in total. The zero-order valence-corrected chi connectivity index (χ0v) is 17.6. The number of ketones is 1. The minimum absolute atomic E-state index is 0.181. The summed E-state index contributed by atoms with van der Waals surface area (Å²) in [6, 6.07) is 18.6. The topological polar surface area (TPSA) is 40.6 Å². The van der Waals surface area contributed by atoms with E-state index in [2.05, 4.69) is 4.90 Å². The fourth-order valence-corrected chi connectivity index (χ4v) is 3.97. The van der Waals surface area contributed by atoms with Crippen LogP contribution in [0.3, 0.4) is 0 Å². The van der Waals surface area contributed by atoms with Gasteiger partial charge < -0.3 is 4.90 Å². The molecule has 0 unspecified atom stereocenters. The zero-order valence-electron chi connectivity index (χ0n) is 17.6. The van der Waals surface area contributed by atoms with E-state index in [1.165, 1.54) is 36.4 Å². The number of carbonyl (C=O) groups excluding carboxylic acids is 2. The van der Waals surface area contributed by atoms with Gasteiger partial charge in [0.25, 0.3) is 5.91 Å². The molecule has 1 amide bonds. The summed E-state index contributed by atoms with van der Waals surface area (Å²) in [5.74, 6) is -1.16. The lowest BCUT2D eigenvalue weighted by molar-refractivity contribution is 0.0756. The second-order valence-corrected chi connectivity index (χ2v) is 7.93. The highest BCUT2D eigenvalue weighted by atomic mass is 19.1. The Bertz CT molecular complexity index is 1100. The number of nitrogens with zero attached hydrogens (tertiary/aromatic N) is 2. The number of benzene rings is 3. The summed E-state index contributed by atoms with van der Waals surface area (Å²) in [7, 11) is 0. The summed E-state index contributed by atoms with van der Waals surface area (Å²) in [5, 5.41) is 0. The van der Waals surface area contributed by atoms with E-state index >= 15 is 0 Å². The van der Waals surface area contributed by atoms with Gasteiger partial charge in [0.2, 0.25) is 0 Å². The van der Waals surface area contributed by atoms with E-state index in [4.69, 9.17) is 0 Å². The molecule has 0 saturated carbocycles. The molecule has 1 heterocycles. The monoisotopic (exact) mass is 434 g/mol. The molecule has 32 heavy (non-hydrogen) atoms. The van der Waals surface area contributed by atoms with Crippen LogP contribution in [0.2, 0.25) is 0 Å². The van der Waals surface area contributed by atoms with Gasteiger partial charge in [-0.15, -0.1) is 0 Å². The molecule has 6 heteroatoms. The molecule has 0 aliphatic carbocycles. The normalized spacial score (nSPS) is 14.8. The number of amides is 1. The first-order valence-corrected chi connectivity index (χ1v) is 10.7. The van der Waals surface area contributed by atoms with Gasteiger partial charge in [-0.3, -0.25) is 14.5 Å². The van der Waals surface area contributed by atoms with Crippen molar-refractivity contribution in [2.45, 2.75) is 13.0 Å². The largest absolute Gasteiger partial charge is 0.337 e. The maximum absolute atomic E-state index is 13.3. The summed E-state index contributed by atoms with van der Waals surface area (Å²) in [6.07, 6.45) is 0.807. The first kappa shape index (κ1) is 21.8. The minimum Gasteiger partial charge on any atom is -0.337 e. The maximum atomic E-state index is 13.3. The van der Waals surface area contributed by atoms with Gasteiger partial charge in [0.1, 0.15) is 11.6 Å². The quantitative estimate of drug-likeness (QED) is 0.554. The van der Waals surface area contributed by atoms with Crippen LogP contribution >= 0.6 is 0 Å². The SMILES string of the molecule is O=C(c1ccc(F)cc1)c1ccccc1C(=O)N1CCCN(Cc2ccc(F)cc2)CC1. The maximum Gasteiger partial charge on any atom is 0.254 e. The van der Waals surface area contributed by atoms with Crippen LogP contribution in [-0.2, 0) is 6.54 Å². The van der Waals surface area contributed by atoms with Crippen molar-refractivity contribution in [2.75, 3.05) is 26.2 Å². The minimum atomic E-state index is -0.416. The molecule has 164 valence electrons. The van der Waals surface area contributed by atoms with Crippen molar-refractivity contribution in [1.29, 1.82) is 0 Å². The van der Waals surface area contributed by atoms with E-state index in [1.54, 1.807) is 41.3 Å². The van der Waals surface area contributed by atoms with Gasteiger partial charge >= 0.3 is 0 Å². The fraction of sp³-hybridized carbons (Fsp3) is 0.231. The molecule has 0 N–H and O–H groups in total. The Kier molecular flexibility index (Phi) is 6.71. The fourth-order valence-electron chi connectivity index (χ4n) is 3.97. The van der Waals surface area contributed by atoms with Gasteiger partial charge in [-0.05, 0) is 54.4 Å². The van der Waals surface area contributed by atoms with Crippen LogP contribution in [0.25, 0.3) is 0 Å². The summed E-state index contributed by atoms with van der Waals surface area (Å²) >= 11 is 0. The lowest BCUT2D eigenvalue weighted by Gasteiger charge is -2.23. The number of halogens is 2. The van der Waals surface area contributed by atoms with Crippen molar-refractivity contribution < 1.29 is 18.4 Å². The lowest BCUT2D eigenvalue weighted by Crippen LogP contribution is -2.35. The average Bonchev–Trinajstić information content (AvgIpc) is 3.06. The molecule has 1 fully saturated rings.